The molecule has 0 saturated carbocycles. The highest BCUT2D eigenvalue weighted by atomic mass is 19.1. The lowest BCUT2D eigenvalue weighted by molar-refractivity contribution is 0.0165. The molecule has 3 aromatic heterocycles. The van der Waals surface area contributed by atoms with Crippen molar-refractivity contribution in [3.8, 4) is 11.5 Å². The quantitative estimate of drug-likeness (QED) is 0.637. The number of carbonyl (C=O) groups is 2. The number of carboxylic acids is 1. The summed E-state index contributed by atoms with van der Waals surface area (Å²) >= 11 is 0. The van der Waals surface area contributed by atoms with Crippen LogP contribution in [0.5, 0.6) is 0 Å². The van der Waals surface area contributed by atoms with Gasteiger partial charge in [-0.25, -0.2) is 28.9 Å². The zero-order valence-corrected chi connectivity index (χ0v) is 18.8. The third-order valence-corrected chi connectivity index (χ3v) is 5.37. The Balaban J connectivity index is 1.60. The van der Waals surface area contributed by atoms with Gasteiger partial charge in [-0.05, 0) is 64.2 Å². The van der Waals surface area contributed by atoms with Gasteiger partial charge in [0.2, 0.25) is 0 Å². The highest BCUT2D eigenvalue weighted by Crippen LogP contribution is 2.24. The van der Waals surface area contributed by atoms with Gasteiger partial charge in [0.1, 0.15) is 22.8 Å². The van der Waals surface area contributed by atoms with Gasteiger partial charge in [0.25, 0.3) is 0 Å². The molecule has 10 heteroatoms. The van der Waals surface area contributed by atoms with E-state index in [2.05, 4.69) is 15.0 Å². The zero-order chi connectivity index (χ0) is 23.8. The summed E-state index contributed by atoms with van der Waals surface area (Å²) in [5.74, 6) is -1.39. The van der Waals surface area contributed by atoms with E-state index in [1.807, 2.05) is 20.8 Å². The molecule has 0 radical (unpaired) electrons. The van der Waals surface area contributed by atoms with Gasteiger partial charge in [0.15, 0.2) is 11.5 Å². The molecule has 0 aliphatic carbocycles. The Bertz CT molecular complexity index is 1200. The second kappa shape index (κ2) is 8.76. The van der Waals surface area contributed by atoms with Crippen LogP contribution in [0.15, 0.2) is 30.6 Å². The van der Waals surface area contributed by atoms with Crippen molar-refractivity contribution in [2.45, 2.75) is 45.6 Å². The van der Waals surface area contributed by atoms with E-state index in [-0.39, 0.29) is 23.5 Å². The van der Waals surface area contributed by atoms with E-state index in [0.29, 0.717) is 36.5 Å². The third kappa shape index (κ3) is 5.27. The number of amides is 1. The number of piperidine rings is 1. The van der Waals surface area contributed by atoms with E-state index >= 15 is 0 Å². The van der Waals surface area contributed by atoms with Gasteiger partial charge in [-0.1, -0.05) is 0 Å². The third-order valence-electron chi connectivity index (χ3n) is 5.37. The van der Waals surface area contributed by atoms with Crippen LogP contribution in [0.25, 0.3) is 17.2 Å². The van der Waals surface area contributed by atoms with Crippen molar-refractivity contribution in [2.75, 3.05) is 13.1 Å². The molecule has 3 aromatic rings. The smallest absolute Gasteiger partial charge is 0.410 e. The van der Waals surface area contributed by atoms with Gasteiger partial charge in [0.05, 0.1) is 6.20 Å². The van der Waals surface area contributed by atoms with Crippen molar-refractivity contribution in [1.82, 2.24) is 24.3 Å². The van der Waals surface area contributed by atoms with E-state index < -0.39 is 17.4 Å². The molecule has 9 nitrogen and oxygen atoms in total. The summed E-state index contributed by atoms with van der Waals surface area (Å²) in [6.45, 7) is 6.60. The van der Waals surface area contributed by atoms with E-state index in [9.17, 15) is 19.1 Å². The first-order valence-electron chi connectivity index (χ1n) is 10.8. The first kappa shape index (κ1) is 22.6. The summed E-state index contributed by atoms with van der Waals surface area (Å²) in [4.78, 5) is 38.8. The normalized spacial score (nSPS) is 16.7. The molecule has 0 bridgehead atoms. The molecule has 1 amide bonds. The van der Waals surface area contributed by atoms with Gasteiger partial charge < -0.3 is 14.7 Å². The highest BCUT2D eigenvalue weighted by molar-refractivity contribution is 5.86. The highest BCUT2D eigenvalue weighted by Gasteiger charge is 2.28. The fraction of sp³-hybridized carbons (Fsp3) is 0.435. The van der Waals surface area contributed by atoms with Crippen LogP contribution in [0.3, 0.4) is 0 Å². The number of nitrogens with zero attached hydrogens (tertiary/aromatic N) is 5. The minimum absolute atomic E-state index is 0.0929. The molecular weight excluding hydrogens is 429 g/mol. The predicted molar refractivity (Wildman–Crippen MR) is 117 cm³/mol. The van der Waals surface area contributed by atoms with Gasteiger partial charge in [-0.3, -0.25) is 4.40 Å². The molecule has 1 atom stereocenters. The van der Waals surface area contributed by atoms with Crippen LogP contribution in [-0.4, -0.2) is 60.1 Å². The monoisotopic (exact) mass is 455 g/mol. The molecule has 1 aliphatic heterocycles. The molecule has 33 heavy (non-hydrogen) atoms. The molecule has 4 rings (SSSR count). The molecule has 174 valence electrons. The second-order valence-corrected chi connectivity index (χ2v) is 9.23. The zero-order valence-electron chi connectivity index (χ0n) is 18.8. The van der Waals surface area contributed by atoms with Gasteiger partial charge in [-0.2, -0.15) is 0 Å². The fourth-order valence-electron chi connectivity index (χ4n) is 3.97. The number of halogens is 1. The number of ether oxygens (including phenoxy) is 1. The first-order valence-corrected chi connectivity index (χ1v) is 10.8. The van der Waals surface area contributed by atoms with Crippen LogP contribution in [0.4, 0.5) is 9.18 Å². The number of likely N-dealkylation sites (tertiary alicyclic amines) is 1. The van der Waals surface area contributed by atoms with Crippen molar-refractivity contribution < 1.29 is 23.8 Å². The predicted octanol–water partition coefficient (Wildman–Crippen LogP) is 3.82. The topological polar surface area (TPSA) is 110 Å². The Hall–Kier alpha value is -3.56. The summed E-state index contributed by atoms with van der Waals surface area (Å²) in [6, 6.07) is 4.27. The second-order valence-electron chi connectivity index (χ2n) is 9.23. The number of aromatic carboxylic acids is 1. The molecule has 0 aromatic carbocycles. The fourth-order valence-corrected chi connectivity index (χ4v) is 3.97. The summed E-state index contributed by atoms with van der Waals surface area (Å²) in [5, 5.41) is 9.58. The number of rotatable bonds is 4. The first-order chi connectivity index (χ1) is 15.6. The van der Waals surface area contributed by atoms with E-state index in [1.165, 1.54) is 35.0 Å². The number of fused-ring (bicyclic) bond motifs is 1. The molecule has 1 N–H and O–H groups in total. The Morgan fingerprint density at radius 1 is 1.27 bits per heavy atom. The van der Waals surface area contributed by atoms with Crippen molar-refractivity contribution in [2.24, 2.45) is 5.92 Å². The van der Waals surface area contributed by atoms with Crippen LogP contribution in [0.1, 0.15) is 49.8 Å². The standard InChI is InChI=1S/C23H26FN5O4/c1-23(2,3)33-22(32)28-8-4-5-14(12-28)9-16-10-17(21(30)31)27-20(26-16)18-11-25-19-7-6-15(24)13-29(18)19/h6-7,10-11,13-14H,4-5,8-9,12H2,1-3H3,(H,30,31)/t14-/m0/s1. The Kier molecular flexibility index (Phi) is 6.01. The number of imidazole rings is 1. The molecule has 0 unspecified atom stereocenters. The summed E-state index contributed by atoms with van der Waals surface area (Å²) < 4.78 is 20.8. The number of carbonyl (C=O) groups excluding carboxylic acids is 1. The lowest BCUT2D eigenvalue weighted by Gasteiger charge is -2.34. The van der Waals surface area contributed by atoms with Crippen LogP contribution >= 0.6 is 0 Å². The molecule has 1 saturated heterocycles. The van der Waals surface area contributed by atoms with Crippen molar-refractivity contribution in [1.29, 1.82) is 0 Å². The summed E-state index contributed by atoms with van der Waals surface area (Å²) in [7, 11) is 0. The minimum atomic E-state index is -1.18. The van der Waals surface area contributed by atoms with Crippen LogP contribution < -0.4 is 0 Å². The molecular formula is C23H26FN5O4. The van der Waals surface area contributed by atoms with Crippen LogP contribution in [0.2, 0.25) is 0 Å². The molecule has 0 spiro atoms. The molecule has 4 heterocycles. The van der Waals surface area contributed by atoms with Crippen molar-refractivity contribution in [3.63, 3.8) is 0 Å². The average Bonchev–Trinajstić information content (AvgIpc) is 3.15. The maximum absolute atomic E-state index is 13.8. The van der Waals surface area contributed by atoms with E-state index in [1.54, 1.807) is 4.90 Å². The number of hydrogen-bond acceptors (Lipinski definition) is 6. The largest absolute Gasteiger partial charge is 0.477 e. The van der Waals surface area contributed by atoms with E-state index in [4.69, 9.17) is 4.74 Å². The summed E-state index contributed by atoms with van der Waals surface area (Å²) in [5.41, 5.74) is 0.710. The number of carboxylic acid groups (broad SMARTS) is 1. The Morgan fingerprint density at radius 3 is 2.79 bits per heavy atom. The van der Waals surface area contributed by atoms with Gasteiger partial charge >= 0.3 is 12.1 Å². The Labute approximate surface area is 190 Å². The number of hydrogen-bond donors (Lipinski definition) is 1. The Morgan fingerprint density at radius 2 is 2.06 bits per heavy atom. The molecule has 1 aliphatic rings. The lowest BCUT2D eigenvalue weighted by Crippen LogP contribution is -2.43. The van der Waals surface area contributed by atoms with Gasteiger partial charge in [-0.15, -0.1) is 0 Å². The number of aromatic nitrogens is 4. The SMILES string of the molecule is CC(C)(C)OC(=O)N1CCC[C@@H](Cc2cc(C(=O)O)nc(-c3cnc4ccc(F)cn34)n2)C1. The van der Waals surface area contributed by atoms with E-state index in [0.717, 1.165) is 12.8 Å². The lowest BCUT2D eigenvalue weighted by atomic mass is 9.93. The molecule has 1 fully saturated rings. The van der Waals surface area contributed by atoms with Crippen LogP contribution in [0, 0.1) is 11.7 Å². The maximum atomic E-state index is 13.8. The number of pyridine rings is 1. The summed E-state index contributed by atoms with van der Waals surface area (Å²) in [6.07, 6.45) is 4.56. The minimum Gasteiger partial charge on any atom is -0.477 e. The average molecular weight is 455 g/mol. The van der Waals surface area contributed by atoms with Crippen molar-refractivity contribution >= 4 is 17.7 Å². The van der Waals surface area contributed by atoms with Crippen molar-refractivity contribution in [3.05, 3.63) is 47.8 Å². The van der Waals surface area contributed by atoms with Gasteiger partial charge in [0, 0.05) is 25.0 Å². The van der Waals surface area contributed by atoms with Crippen LogP contribution in [-0.2, 0) is 11.2 Å². The maximum Gasteiger partial charge on any atom is 0.410 e.